The van der Waals surface area contributed by atoms with Crippen molar-refractivity contribution in [3.05, 3.63) is 71.8 Å². The standard InChI is InChI=1S/C17H16ClNO.ClH/c18-17(20)15-11-19(12-15)16(13-7-3-1-4-8-13)14-9-5-2-6-10-14;/h1-10,15-16H,11-12H2;1H. The van der Waals surface area contributed by atoms with Crippen LogP contribution in [-0.4, -0.2) is 23.2 Å². The Kier molecular flexibility index (Phi) is 5.40. The minimum Gasteiger partial charge on any atom is -0.291 e. The fraction of sp³-hybridized carbons (Fsp3) is 0.235. The van der Waals surface area contributed by atoms with Crippen LogP contribution in [0.1, 0.15) is 17.2 Å². The van der Waals surface area contributed by atoms with E-state index in [1.807, 2.05) is 12.1 Å². The molecule has 3 rings (SSSR count). The highest BCUT2D eigenvalue weighted by Crippen LogP contribution is 2.34. The van der Waals surface area contributed by atoms with Crippen LogP contribution in [0.5, 0.6) is 0 Å². The highest BCUT2D eigenvalue weighted by molar-refractivity contribution is 6.64. The summed E-state index contributed by atoms with van der Waals surface area (Å²) in [6.45, 7) is 1.47. The van der Waals surface area contributed by atoms with E-state index in [1.54, 1.807) is 0 Å². The number of hydrogen-bond donors (Lipinski definition) is 0. The minimum atomic E-state index is -0.221. The van der Waals surface area contributed by atoms with E-state index in [1.165, 1.54) is 11.1 Å². The van der Waals surface area contributed by atoms with Gasteiger partial charge in [-0.2, -0.15) is 0 Å². The molecule has 110 valence electrons. The summed E-state index contributed by atoms with van der Waals surface area (Å²) in [5, 5.41) is -0.221. The summed E-state index contributed by atoms with van der Waals surface area (Å²) >= 11 is 5.58. The van der Waals surface area contributed by atoms with E-state index in [9.17, 15) is 4.79 Å². The Morgan fingerprint density at radius 2 is 1.38 bits per heavy atom. The number of benzene rings is 2. The van der Waals surface area contributed by atoms with E-state index >= 15 is 0 Å². The Morgan fingerprint density at radius 3 is 1.76 bits per heavy atom. The minimum absolute atomic E-state index is 0. The summed E-state index contributed by atoms with van der Waals surface area (Å²) in [5.74, 6) is -0.0217. The molecule has 0 aromatic heterocycles. The molecular weight excluding hydrogens is 305 g/mol. The molecule has 0 atom stereocenters. The zero-order valence-corrected chi connectivity index (χ0v) is 13.1. The third kappa shape index (κ3) is 3.46. The highest BCUT2D eigenvalue weighted by Gasteiger charge is 2.37. The van der Waals surface area contributed by atoms with Crippen molar-refractivity contribution in [3.63, 3.8) is 0 Å². The van der Waals surface area contributed by atoms with Crippen LogP contribution in [0.4, 0.5) is 0 Å². The molecule has 2 aromatic rings. The molecule has 1 aliphatic heterocycles. The Hall–Kier alpha value is -1.35. The van der Waals surface area contributed by atoms with Crippen molar-refractivity contribution in [2.45, 2.75) is 6.04 Å². The van der Waals surface area contributed by atoms with Crippen LogP contribution in [0.15, 0.2) is 60.7 Å². The zero-order valence-electron chi connectivity index (χ0n) is 11.5. The first-order valence-electron chi connectivity index (χ1n) is 6.79. The fourth-order valence-electron chi connectivity index (χ4n) is 2.75. The first-order valence-corrected chi connectivity index (χ1v) is 7.17. The normalized spacial score (nSPS) is 15.3. The Morgan fingerprint density at radius 1 is 0.952 bits per heavy atom. The van der Waals surface area contributed by atoms with Crippen molar-refractivity contribution in [1.82, 2.24) is 4.90 Å². The number of nitrogens with zero attached hydrogens (tertiary/aromatic N) is 1. The molecule has 4 heteroatoms. The number of hydrogen-bond acceptors (Lipinski definition) is 2. The molecule has 0 spiro atoms. The molecule has 1 heterocycles. The van der Waals surface area contributed by atoms with Gasteiger partial charge in [0.05, 0.1) is 12.0 Å². The van der Waals surface area contributed by atoms with Crippen molar-refractivity contribution in [1.29, 1.82) is 0 Å². The molecule has 0 radical (unpaired) electrons. The average molecular weight is 322 g/mol. The van der Waals surface area contributed by atoms with Crippen LogP contribution in [-0.2, 0) is 4.79 Å². The molecule has 0 bridgehead atoms. The van der Waals surface area contributed by atoms with Crippen molar-refractivity contribution < 1.29 is 4.79 Å². The number of halogens is 2. The lowest BCUT2D eigenvalue weighted by Gasteiger charge is -2.43. The summed E-state index contributed by atoms with van der Waals surface area (Å²) in [6.07, 6.45) is 0. The van der Waals surface area contributed by atoms with E-state index in [4.69, 9.17) is 11.6 Å². The zero-order chi connectivity index (χ0) is 13.9. The highest BCUT2D eigenvalue weighted by atomic mass is 35.5. The Bertz CT molecular complexity index is 543. The number of likely N-dealkylation sites (tertiary alicyclic amines) is 1. The predicted molar refractivity (Wildman–Crippen MR) is 87.9 cm³/mol. The van der Waals surface area contributed by atoms with Crippen LogP contribution < -0.4 is 0 Å². The predicted octanol–water partition coefficient (Wildman–Crippen LogP) is 3.90. The van der Waals surface area contributed by atoms with E-state index in [0.29, 0.717) is 0 Å². The lowest BCUT2D eigenvalue weighted by molar-refractivity contribution is -0.120. The van der Waals surface area contributed by atoms with E-state index < -0.39 is 0 Å². The number of carbonyl (C=O) groups excluding carboxylic acids is 1. The van der Waals surface area contributed by atoms with Gasteiger partial charge in [-0.3, -0.25) is 9.69 Å². The monoisotopic (exact) mass is 321 g/mol. The van der Waals surface area contributed by atoms with Crippen molar-refractivity contribution >= 4 is 29.3 Å². The summed E-state index contributed by atoms with van der Waals surface area (Å²) < 4.78 is 0. The summed E-state index contributed by atoms with van der Waals surface area (Å²) in [4.78, 5) is 13.5. The molecule has 0 unspecified atom stereocenters. The smallest absolute Gasteiger partial charge is 0.227 e. The molecule has 2 nitrogen and oxygen atoms in total. The third-order valence-electron chi connectivity index (χ3n) is 3.83. The van der Waals surface area contributed by atoms with Gasteiger partial charge < -0.3 is 0 Å². The maximum atomic E-state index is 11.2. The second kappa shape index (κ2) is 7.08. The molecule has 1 saturated heterocycles. The van der Waals surface area contributed by atoms with Crippen LogP contribution >= 0.6 is 24.0 Å². The van der Waals surface area contributed by atoms with Gasteiger partial charge in [0.15, 0.2) is 0 Å². The van der Waals surface area contributed by atoms with Crippen molar-refractivity contribution in [3.8, 4) is 0 Å². The summed E-state index contributed by atoms with van der Waals surface area (Å²) in [5.41, 5.74) is 2.50. The topological polar surface area (TPSA) is 20.3 Å². The van der Waals surface area contributed by atoms with Crippen LogP contribution in [0.3, 0.4) is 0 Å². The third-order valence-corrected chi connectivity index (χ3v) is 4.14. The maximum absolute atomic E-state index is 11.2. The van der Waals surface area contributed by atoms with Gasteiger partial charge in [-0.15, -0.1) is 12.4 Å². The van der Waals surface area contributed by atoms with Gasteiger partial charge in [0, 0.05) is 13.1 Å². The lowest BCUT2D eigenvalue weighted by atomic mass is 9.91. The van der Waals surface area contributed by atoms with E-state index in [-0.39, 0.29) is 29.6 Å². The van der Waals surface area contributed by atoms with Gasteiger partial charge >= 0.3 is 0 Å². The molecule has 1 fully saturated rings. The van der Waals surface area contributed by atoms with Crippen molar-refractivity contribution in [2.24, 2.45) is 5.92 Å². The molecule has 0 amide bonds. The lowest BCUT2D eigenvalue weighted by Crippen LogP contribution is -2.51. The van der Waals surface area contributed by atoms with Gasteiger partial charge in [-0.05, 0) is 22.7 Å². The first kappa shape index (κ1) is 16.0. The van der Waals surface area contributed by atoms with E-state index in [0.717, 1.165) is 13.1 Å². The number of carbonyl (C=O) groups is 1. The Balaban J connectivity index is 0.00000161. The largest absolute Gasteiger partial charge is 0.291 e. The van der Waals surface area contributed by atoms with Crippen LogP contribution in [0.25, 0.3) is 0 Å². The second-order valence-corrected chi connectivity index (χ2v) is 5.55. The molecular formula is C17H17Cl2NO. The van der Waals surface area contributed by atoms with Gasteiger partial charge in [-0.1, -0.05) is 60.7 Å². The summed E-state index contributed by atoms with van der Waals surface area (Å²) in [6, 6.07) is 21.0. The van der Waals surface area contributed by atoms with E-state index in [2.05, 4.69) is 53.4 Å². The molecule has 0 N–H and O–H groups in total. The van der Waals surface area contributed by atoms with Crippen LogP contribution in [0, 0.1) is 5.92 Å². The summed E-state index contributed by atoms with van der Waals surface area (Å²) in [7, 11) is 0. The second-order valence-electron chi connectivity index (χ2n) is 5.18. The maximum Gasteiger partial charge on any atom is 0.227 e. The quantitative estimate of drug-likeness (QED) is 0.796. The molecule has 21 heavy (non-hydrogen) atoms. The van der Waals surface area contributed by atoms with Gasteiger partial charge in [-0.25, -0.2) is 0 Å². The van der Waals surface area contributed by atoms with Crippen molar-refractivity contribution in [2.75, 3.05) is 13.1 Å². The fourth-order valence-corrected chi connectivity index (χ4v) is 2.89. The Labute approximate surface area is 136 Å². The first-order chi connectivity index (χ1) is 9.75. The molecule has 2 aromatic carbocycles. The van der Waals surface area contributed by atoms with Gasteiger partial charge in [0.1, 0.15) is 0 Å². The molecule has 0 saturated carbocycles. The SMILES string of the molecule is Cl.O=C(Cl)C1CN(C(c2ccccc2)c2ccccc2)C1. The van der Waals surface area contributed by atoms with Gasteiger partial charge in [0.25, 0.3) is 0 Å². The van der Waals surface area contributed by atoms with Crippen LogP contribution in [0.2, 0.25) is 0 Å². The molecule has 0 aliphatic carbocycles. The molecule has 1 aliphatic rings. The average Bonchev–Trinajstić information content (AvgIpc) is 2.43. The number of rotatable bonds is 4. The van der Waals surface area contributed by atoms with Gasteiger partial charge in [0.2, 0.25) is 5.24 Å².